The lowest BCUT2D eigenvalue weighted by Crippen LogP contribution is -2.38. The maximum atomic E-state index is 12.7. The van der Waals surface area contributed by atoms with Gasteiger partial charge in [0.2, 0.25) is 0 Å². The molecule has 2 saturated heterocycles. The number of benzene rings is 2. The minimum absolute atomic E-state index is 0.0881. The third-order valence-electron chi connectivity index (χ3n) is 5.46. The summed E-state index contributed by atoms with van der Waals surface area (Å²) in [7, 11) is -3.10. The molecule has 4 rings (SSSR count). The first kappa shape index (κ1) is 21.6. The molecule has 0 spiro atoms. The normalized spacial score (nSPS) is 23.7. The highest BCUT2D eigenvalue weighted by molar-refractivity contribution is 9.10. The minimum atomic E-state index is -3.10. The molecule has 2 aliphatic heterocycles. The van der Waals surface area contributed by atoms with Gasteiger partial charge in [-0.1, -0.05) is 57.5 Å². The predicted octanol–water partition coefficient (Wildman–Crippen LogP) is 4.22. The molecule has 5 nitrogen and oxygen atoms in total. The first-order valence-corrected chi connectivity index (χ1v) is 13.2. The monoisotopic (exact) mass is 506 g/mol. The van der Waals surface area contributed by atoms with Crippen LogP contribution < -0.4 is 4.90 Å². The number of halogens is 1. The van der Waals surface area contributed by atoms with E-state index in [4.69, 9.17) is 0 Å². The van der Waals surface area contributed by atoms with E-state index in [-0.39, 0.29) is 35.1 Å². The standard InChI is InChI=1S/C22H23BrN2O3S2/c1-13-4-6-16(7-5-13)10-20(26)24-22-25(18-11-30(27,28)12-19(18)29-22)21-14(2)8-17(23)9-15(21)3/h4-9,18-19H,10-12H2,1-3H3. The molecule has 0 N–H and O–H groups in total. The first-order chi connectivity index (χ1) is 14.1. The van der Waals surface area contributed by atoms with Gasteiger partial charge in [0.25, 0.3) is 5.91 Å². The van der Waals surface area contributed by atoms with Crippen molar-refractivity contribution in [3.63, 3.8) is 0 Å². The fourth-order valence-corrected chi connectivity index (χ4v) is 8.74. The Bertz CT molecular complexity index is 1120. The summed E-state index contributed by atoms with van der Waals surface area (Å²) in [6.45, 7) is 6.01. The van der Waals surface area contributed by atoms with Gasteiger partial charge in [-0.15, -0.1) is 0 Å². The number of nitrogens with zero attached hydrogens (tertiary/aromatic N) is 2. The Balaban J connectivity index is 1.70. The van der Waals surface area contributed by atoms with E-state index in [1.807, 2.05) is 62.1 Å². The van der Waals surface area contributed by atoms with Crippen molar-refractivity contribution >= 4 is 54.3 Å². The maximum Gasteiger partial charge on any atom is 0.252 e. The topological polar surface area (TPSA) is 66.8 Å². The van der Waals surface area contributed by atoms with Crippen molar-refractivity contribution in [2.45, 2.75) is 38.5 Å². The van der Waals surface area contributed by atoms with Gasteiger partial charge in [-0.3, -0.25) is 4.79 Å². The van der Waals surface area contributed by atoms with Gasteiger partial charge in [-0.25, -0.2) is 8.42 Å². The average molecular weight is 507 g/mol. The van der Waals surface area contributed by atoms with Gasteiger partial charge in [-0.2, -0.15) is 4.99 Å². The third-order valence-corrected chi connectivity index (χ3v) is 9.13. The van der Waals surface area contributed by atoms with Crippen LogP contribution in [-0.2, 0) is 21.1 Å². The SMILES string of the molecule is Cc1ccc(CC(=O)N=C2SC3CS(=O)(=O)CC3N2c2c(C)cc(Br)cc2C)cc1. The molecule has 0 bridgehead atoms. The zero-order valence-electron chi connectivity index (χ0n) is 17.1. The number of carbonyl (C=O) groups is 1. The number of aliphatic imine (C=N–C) groups is 1. The lowest BCUT2D eigenvalue weighted by atomic mass is 10.1. The molecule has 0 radical (unpaired) electrons. The Kier molecular flexibility index (Phi) is 5.85. The summed E-state index contributed by atoms with van der Waals surface area (Å²) in [6, 6.07) is 11.7. The number of carbonyl (C=O) groups excluding carboxylic acids is 1. The Hall–Kier alpha value is -1.64. The second-order valence-corrected chi connectivity index (χ2v) is 12.3. The van der Waals surface area contributed by atoms with Gasteiger partial charge >= 0.3 is 0 Å². The molecule has 158 valence electrons. The van der Waals surface area contributed by atoms with E-state index in [0.717, 1.165) is 32.4 Å². The second kappa shape index (κ2) is 8.13. The number of fused-ring (bicyclic) bond motifs is 1. The van der Waals surface area contributed by atoms with Crippen LogP contribution in [0.4, 0.5) is 5.69 Å². The molecular weight excluding hydrogens is 484 g/mol. The van der Waals surface area contributed by atoms with Gasteiger partial charge in [0.1, 0.15) is 0 Å². The molecule has 0 aliphatic carbocycles. The van der Waals surface area contributed by atoms with Gasteiger partial charge < -0.3 is 4.90 Å². The van der Waals surface area contributed by atoms with Crippen LogP contribution in [0.5, 0.6) is 0 Å². The van der Waals surface area contributed by atoms with Crippen molar-refractivity contribution in [1.82, 2.24) is 0 Å². The molecule has 2 aliphatic rings. The highest BCUT2D eigenvalue weighted by Crippen LogP contribution is 2.43. The van der Waals surface area contributed by atoms with E-state index in [2.05, 4.69) is 20.9 Å². The zero-order valence-corrected chi connectivity index (χ0v) is 20.3. The van der Waals surface area contributed by atoms with Crippen LogP contribution in [0.3, 0.4) is 0 Å². The van der Waals surface area contributed by atoms with E-state index in [9.17, 15) is 13.2 Å². The lowest BCUT2D eigenvalue weighted by molar-refractivity contribution is -0.117. The molecular formula is C22H23BrN2O3S2. The Morgan fingerprint density at radius 1 is 1.13 bits per heavy atom. The minimum Gasteiger partial charge on any atom is -0.315 e. The fraction of sp³-hybridized carbons (Fsp3) is 0.364. The van der Waals surface area contributed by atoms with Crippen LogP contribution in [0, 0.1) is 20.8 Å². The number of amides is 1. The zero-order chi connectivity index (χ0) is 21.6. The van der Waals surface area contributed by atoms with Crippen molar-refractivity contribution in [2.24, 2.45) is 4.99 Å². The van der Waals surface area contributed by atoms with E-state index >= 15 is 0 Å². The summed E-state index contributed by atoms with van der Waals surface area (Å²) in [5.41, 5.74) is 5.04. The van der Waals surface area contributed by atoms with E-state index < -0.39 is 9.84 Å². The fourth-order valence-electron chi connectivity index (χ4n) is 4.14. The number of sulfone groups is 1. The van der Waals surface area contributed by atoms with Crippen LogP contribution in [0.15, 0.2) is 45.9 Å². The third kappa shape index (κ3) is 4.36. The highest BCUT2D eigenvalue weighted by Gasteiger charge is 2.50. The lowest BCUT2D eigenvalue weighted by Gasteiger charge is -2.28. The average Bonchev–Trinajstić information content (AvgIpc) is 3.08. The van der Waals surface area contributed by atoms with Crippen molar-refractivity contribution in [1.29, 1.82) is 0 Å². The number of amidine groups is 1. The number of hydrogen-bond acceptors (Lipinski definition) is 4. The number of hydrogen-bond donors (Lipinski definition) is 0. The number of anilines is 1. The van der Waals surface area contributed by atoms with Crippen molar-refractivity contribution < 1.29 is 13.2 Å². The molecule has 2 fully saturated rings. The maximum absolute atomic E-state index is 12.7. The largest absolute Gasteiger partial charge is 0.315 e. The molecule has 2 atom stereocenters. The van der Waals surface area contributed by atoms with Crippen LogP contribution in [0.25, 0.3) is 0 Å². The summed E-state index contributed by atoms with van der Waals surface area (Å²) in [5, 5.41) is 0.494. The second-order valence-electron chi connectivity index (χ2n) is 8.01. The van der Waals surface area contributed by atoms with Gasteiger partial charge in [-0.05, 0) is 49.6 Å². The highest BCUT2D eigenvalue weighted by atomic mass is 79.9. The molecule has 0 saturated carbocycles. The Labute approximate surface area is 190 Å². The molecule has 2 heterocycles. The predicted molar refractivity (Wildman–Crippen MR) is 127 cm³/mol. The Morgan fingerprint density at radius 2 is 1.77 bits per heavy atom. The molecule has 2 aromatic rings. The molecule has 30 heavy (non-hydrogen) atoms. The van der Waals surface area contributed by atoms with Gasteiger partial charge in [0.15, 0.2) is 15.0 Å². The summed E-state index contributed by atoms with van der Waals surface area (Å²) in [6.07, 6.45) is 0.226. The summed E-state index contributed by atoms with van der Waals surface area (Å²) in [4.78, 5) is 19.2. The molecule has 2 aromatic carbocycles. The smallest absolute Gasteiger partial charge is 0.252 e. The van der Waals surface area contributed by atoms with Crippen molar-refractivity contribution in [3.8, 4) is 0 Å². The summed E-state index contributed by atoms with van der Waals surface area (Å²) < 4.78 is 25.5. The number of aryl methyl sites for hydroxylation is 3. The van der Waals surface area contributed by atoms with Gasteiger partial charge in [0, 0.05) is 15.4 Å². The number of rotatable bonds is 3. The van der Waals surface area contributed by atoms with E-state index in [1.165, 1.54) is 11.8 Å². The quantitative estimate of drug-likeness (QED) is 0.623. The van der Waals surface area contributed by atoms with Crippen LogP contribution in [-0.4, -0.2) is 42.3 Å². The first-order valence-electron chi connectivity index (χ1n) is 9.73. The van der Waals surface area contributed by atoms with E-state index in [0.29, 0.717) is 5.17 Å². The van der Waals surface area contributed by atoms with Crippen molar-refractivity contribution in [2.75, 3.05) is 16.4 Å². The molecule has 2 unspecified atom stereocenters. The van der Waals surface area contributed by atoms with Gasteiger partial charge in [0.05, 0.1) is 24.0 Å². The van der Waals surface area contributed by atoms with Crippen LogP contribution in [0.2, 0.25) is 0 Å². The van der Waals surface area contributed by atoms with Crippen LogP contribution >= 0.6 is 27.7 Å². The molecule has 0 aromatic heterocycles. The summed E-state index contributed by atoms with van der Waals surface area (Å²) in [5.74, 6) is -0.00902. The summed E-state index contributed by atoms with van der Waals surface area (Å²) >= 11 is 4.94. The van der Waals surface area contributed by atoms with Crippen molar-refractivity contribution in [3.05, 3.63) is 63.1 Å². The van der Waals surface area contributed by atoms with E-state index in [1.54, 1.807) is 0 Å². The Morgan fingerprint density at radius 3 is 2.40 bits per heavy atom. The van der Waals surface area contributed by atoms with Crippen LogP contribution in [0.1, 0.15) is 22.3 Å². The molecule has 8 heteroatoms. The number of thioether (sulfide) groups is 1. The molecule has 1 amide bonds.